The van der Waals surface area contributed by atoms with Gasteiger partial charge in [0.2, 0.25) is 0 Å². The number of nitrogens with one attached hydrogen (secondary N) is 1. The van der Waals surface area contributed by atoms with Crippen molar-refractivity contribution in [2.45, 2.75) is 34.2 Å². The molecule has 0 spiro atoms. The maximum absolute atomic E-state index is 14.3. The van der Waals surface area contributed by atoms with Crippen LogP contribution in [0.3, 0.4) is 0 Å². The van der Waals surface area contributed by atoms with Gasteiger partial charge in [-0.25, -0.2) is 4.39 Å². The van der Waals surface area contributed by atoms with Gasteiger partial charge in [0, 0.05) is 12.1 Å². The maximum atomic E-state index is 14.3. The molecule has 106 valence electrons. The van der Waals surface area contributed by atoms with E-state index < -0.39 is 0 Å². The SMILES string of the molecule is CCNCc1ccc(C)c(-c2c(C)cc(C)cc2F)c1. The summed E-state index contributed by atoms with van der Waals surface area (Å²) in [6.07, 6.45) is 0. The van der Waals surface area contributed by atoms with Crippen molar-refractivity contribution in [2.24, 2.45) is 0 Å². The van der Waals surface area contributed by atoms with Crippen LogP contribution in [0, 0.1) is 26.6 Å². The molecule has 0 amide bonds. The summed E-state index contributed by atoms with van der Waals surface area (Å²) >= 11 is 0. The summed E-state index contributed by atoms with van der Waals surface area (Å²) in [6, 6.07) is 9.91. The molecule has 2 rings (SSSR count). The third kappa shape index (κ3) is 3.07. The van der Waals surface area contributed by atoms with Gasteiger partial charge in [-0.3, -0.25) is 0 Å². The van der Waals surface area contributed by atoms with E-state index in [1.54, 1.807) is 6.07 Å². The Kier molecular flexibility index (Phi) is 4.56. The summed E-state index contributed by atoms with van der Waals surface area (Å²) in [7, 11) is 0. The zero-order valence-electron chi connectivity index (χ0n) is 12.7. The van der Waals surface area contributed by atoms with Crippen LogP contribution in [0.5, 0.6) is 0 Å². The average molecular weight is 271 g/mol. The lowest BCUT2D eigenvalue weighted by atomic mass is 9.93. The largest absolute Gasteiger partial charge is 0.313 e. The number of aryl methyl sites for hydroxylation is 3. The first-order valence-electron chi connectivity index (χ1n) is 7.10. The summed E-state index contributed by atoms with van der Waals surface area (Å²) < 4.78 is 14.3. The highest BCUT2D eigenvalue weighted by Crippen LogP contribution is 2.31. The molecule has 0 aromatic heterocycles. The highest BCUT2D eigenvalue weighted by Gasteiger charge is 2.12. The molecule has 0 unspecified atom stereocenters. The highest BCUT2D eigenvalue weighted by molar-refractivity contribution is 5.72. The number of halogens is 1. The van der Waals surface area contributed by atoms with Gasteiger partial charge in [0.05, 0.1) is 0 Å². The molecule has 0 bridgehead atoms. The fourth-order valence-corrected chi connectivity index (χ4v) is 2.57. The Morgan fingerprint density at radius 1 is 1.00 bits per heavy atom. The van der Waals surface area contributed by atoms with Crippen LogP contribution in [-0.4, -0.2) is 6.54 Å². The summed E-state index contributed by atoms with van der Waals surface area (Å²) in [5, 5.41) is 3.31. The van der Waals surface area contributed by atoms with Crippen LogP contribution in [0.2, 0.25) is 0 Å². The molecule has 0 saturated heterocycles. The van der Waals surface area contributed by atoms with Crippen molar-refractivity contribution >= 4 is 0 Å². The van der Waals surface area contributed by atoms with Gasteiger partial charge in [-0.1, -0.05) is 25.1 Å². The molecule has 2 heteroatoms. The topological polar surface area (TPSA) is 12.0 Å². The molecule has 0 aliphatic rings. The quantitative estimate of drug-likeness (QED) is 0.861. The standard InChI is InChI=1S/C18H22FN/c1-5-20-11-15-7-6-13(3)16(10-15)18-14(4)8-12(2)9-17(18)19/h6-10,20H,5,11H2,1-4H3. The van der Waals surface area contributed by atoms with Gasteiger partial charge in [0.15, 0.2) is 0 Å². The third-order valence-corrected chi connectivity index (χ3v) is 3.58. The Morgan fingerprint density at radius 2 is 1.75 bits per heavy atom. The zero-order chi connectivity index (χ0) is 14.7. The first-order valence-corrected chi connectivity index (χ1v) is 7.10. The average Bonchev–Trinajstić information content (AvgIpc) is 2.38. The van der Waals surface area contributed by atoms with Gasteiger partial charge in [-0.2, -0.15) is 0 Å². The minimum Gasteiger partial charge on any atom is -0.313 e. The van der Waals surface area contributed by atoms with Crippen LogP contribution in [0.15, 0.2) is 30.3 Å². The third-order valence-electron chi connectivity index (χ3n) is 3.58. The second-order valence-corrected chi connectivity index (χ2v) is 5.37. The molecule has 0 radical (unpaired) electrons. The van der Waals surface area contributed by atoms with Gasteiger partial charge >= 0.3 is 0 Å². The van der Waals surface area contributed by atoms with Crippen molar-refractivity contribution in [1.29, 1.82) is 0 Å². The number of hydrogen-bond acceptors (Lipinski definition) is 1. The van der Waals surface area contributed by atoms with E-state index >= 15 is 0 Å². The van der Waals surface area contributed by atoms with Crippen molar-refractivity contribution in [3.8, 4) is 11.1 Å². The van der Waals surface area contributed by atoms with Crippen LogP contribution < -0.4 is 5.32 Å². The molecule has 0 aliphatic heterocycles. The zero-order valence-corrected chi connectivity index (χ0v) is 12.7. The first-order chi connectivity index (χ1) is 9.52. The van der Waals surface area contributed by atoms with Crippen molar-refractivity contribution in [3.05, 3.63) is 58.4 Å². The van der Waals surface area contributed by atoms with E-state index in [9.17, 15) is 4.39 Å². The first kappa shape index (κ1) is 14.7. The second-order valence-electron chi connectivity index (χ2n) is 5.37. The monoisotopic (exact) mass is 271 g/mol. The van der Waals surface area contributed by atoms with Crippen LogP contribution in [0.25, 0.3) is 11.1 Å². The van der Waals surface area contributed by atoms with Crippen molar-refractivity contribution < 1.29 is 4.39 Å². The van der Waals surface area contributed by atoms with Crippen molar-refractivity contribution in [2.75, 3.05) is 6.54 Å². The fourth-order valence-electron chi connectivity index (χ4n) is 2.57. The lowest BCUT2D eigenvalue weighted by Gasteiger charge is -2.14. The summed E-state index contributed by atoms with van der Waals surface area (Å²) in [4.78, 5) is 0. The molecule has 0 fully saturated rings. The molecule has 1 nitrogen and oxygen atoms in total. The molecule has 0 heterocycles. The fraction of sp³-hybridized carbons (Fsp3) is 0.333. The minimum atomic E-state index is -0.133. The Morgan fingerprint density at radius 3 is 2.40 bits per heavy atom. The molecular formula is C18H22FN. The summed E-state index contributed by atoms with van der Waals surface area (Å²) in [6.45, 7) is 9.76. The minimum absolute atomic E-state index is 0.133. The van der Waals surface area contributed by atoms with E-state index in [4.69, 9.17) is 0 Å². The molecule has 0 atom stereocenters. The van der Waals surface area contributed by atoms with Crippen LogP contribution >= 0.6 is 0 Å². The van der Waals surface area contributed by atoms with E-state index in [1.165, 1.54) is 5.56 Å². The second kappa shape index (κ2) is 6.19. The van der Waals surface area contributed by atoms with Gasteiger partial charge in [-0.05, 0) is 67.3 Å². The molecule has 2 aromatic carbocycles. The highest BCUT2D eigenvalue weighted by atomic mass is 19.1. The molecule has 2 aromatic rings. The Labute approximate surface area is 120 Å². The van der Waals surface area contributed by atoms with Gasteiger partial charge in [0.1, 0.15) is 5.82 Å². The number of benzene rings is 2. The Hall–Kier alpha value is -1.67. The van der Waals surface area contributed by atoms with Crippen LogP contribution in [-0.2, 0) is 6.54 Å². The molecule has 0 saturated carbocycles. The molecule has 20 heavy (non-hydrogen) atoms. The number of hydrogen-bond donors (Lipinski definition) is 1. The van der Waals surface area contributed by atoms with Gasteiger partial charge in [0.25, 0.3) is 0 Å². The van der Waals surface area contributed by atoms with Crippen LogP contribution in [0.4, 0.5) is 4.39 Å². The molecule has 1 N–H and O–H groups in total. The summed E-state index contributed by atoms with van der Waals surface area (Å²) in [5.41, 5.74) is 5.97. The number of rotatable bonds is 4. The smallest absolute Gasteiger partial charge is 0.131 e. The van der Waals surface area contributed by atoms with E-state index in [0.29, 0.717) is 0 Å². The maximum Gasteiger partial charge on any atom is 0.131 e. The van der Waals surface area contributed by atoms with Crippen LogP contribution in [0.1, 0.15) is 29.2 Å². The lowest BCUT2D eigenvalue weighted by Crippen LogP contribution is -2.11. The lowest BCUT2D eigenvalue weighted by molar-refractivity contribution is 0.629. The predicted molar refractivity (Wildman–Crippen MR) is 83.4 cm³/mol. The van der Waals surface area contributed by atoms with Gasteiger partial charge in [-0.15, -0.1) is 0 Å². The molecular weight excluding hydrogens is 249 g/mol. The van der Waals surface area contributed by atoms with E-state index in [0.717, 1.165) is 40.9 Å². The van der Waals surface area contributed by atoms with E-state index in [1.807, 2.05) is 26.8 Å². The Balaban J connectivity index is 2.51. The Bertz CT molecular complexity index is 594. The molecule has 0 aliphatic carbocycles. The van der Waals surface area contributed by atoms with Crippen molar-refractivity contribution in [3.63, 3.8) is 0 Å². The predicted octanol–water partition coefficient (Wildman–Crippen LogP) is 4.53. The van der Waals surface area contributed by atoms with E-state index in [2.05, 4.69) is 30.4 Å². The van der Waals surface area contributed by atoms with Gasteiger partial charge < -0.3 is 5.32 Å². The van der Waals surface area contributed by atoms with Crippen molar-refractivity contribution in [1.82, 2.24) is 5.32 Å². The van der Waals surface area contributed by atoms with E-state index in [-0.39, 0.29) is 5.82 Å². The summed E-state index contributed by atoms with van der Waals surface area (Å²) in [5.74, 6) is -0.133. The normalized spacial score (nSPS) is 10.8.